The van der Waals surface area contributed by atoms with Crippen LogP contribution in [0.4, 0.5) is 17.5 Å². The number of benzene rings is 2. The molecule has 10 nitrogen and oxygen atoms in total. The highest BCUT2D eigenvalue weighted by molar-refractivity contribution is 5.98. The lowest BCUT2D eigenvalue weighted by molar-refractivity contribution is -0.119. The van der Waals surface area contributed by atoms with Gasteiger partial charge in [-0.2, -0.15) is 10.2 Å². The molecule has 3 heterocycles. The Hall–Kier alpha value is -4.52. The number of ether oxygens (including phenoxy) is 3. The van der Waals surface area contributed by atoms with E-state index in [0.29, 0.717) is 42.6 Å². The molecular weight excluding hydrogens is 438 g/mol. The minimum atomic E-state index is -1.11. The van der Waals surface area contributed by atoms with Crippen molar-refractivity contribution in [3.05, 3.63) is 63.9 Å². The van der Waals surface area contributed by atoms with Crippen molar-refractivity contribution >= 4 is 23.4 Å². The first-order valence-electron chi connectivity index (χ1n) is 10.8. The minimum absolute atomic E-state index is 0.105. The van der Waals surface area contributed by atoms with Crippen LogP contribution in [0.3, 0.4) is 0 Å². The Morgan fingerprint density at radius 2 is 1.91 bits per heavy atom. The number of nitrogens with one attached hydrogen (secondary N) is 3. The SMILES string of the molecule is CCOc1ccc(Nc2nc3c(c(=O)[nH]2)C(c2ccc4c(c2)OCCO4)C(C#N)C(=O)N3)cc1. The largest absolute Gasteiger partial charge is 0.494 e. The Labute approximate surface area is 194 Å². The molecule has 0 fully saturated rings. The fraction of sp³-hybridized carbons (Fsp3) is 0.250. The van der Waals surface area contributed by atoms with Crippen LogP contribution in [0.2, 0.25) is 0 Å². The molecule has 172 valence electrons. The molecule has 2 atom stereocenters. The number of nitriles is 1. The standard InChI is InChI=1S/C24H21N5O5/c1-2-32-15-6-4-14(5-7-15)26-24-28-21-20(23(31)29-24)19(16(12-25)22(30)27-21)13-3-8-17-18(11-13)34-10-9-33-17/h3-8,11,16,19H,2,9-10H2,1H3,(H3,26,27,28,29,30,31). The van der Waals surface area contributed by atoms with E-state index in [1.54, 1.807) is 42.5 Å². The molecule has 1 amide bonds. The number of hydrogen-bond donors (Lipinski definition) is 3. The van der Waals surface area contributed by atoms with Crippen molar-refractivity contribution in [1.29, 1.82) is 5.26 Å². The molecule has 0 saturated carbocycles. The van der Waals surface area contributed by atoms with Crippen LogP contribution in [0, 0.1) is 17.2 Å². The maximum absolute atomic E-state index is 13.2. The van der Waals surface area contributed by atoms with Crippen LogP contribution in [0.25, 0.3) is 0 Å². The molecule has 3 N–H and O–H groups in total. The molecule has 2 aromatic carbocycles. The van der Waals surface area contributed by atoms with Crippen LogP contribution in [-0.4, -0.2) is 35.7 Å². The van der Waals surface area contributed by atoms with Gasteiger partial charge >= 0.3 is 0 Å². The summed E-state index contributed by atoms with van der Waals surface area (Å²) in [6.45, 7) is 3.29. The Bertz CT molecular complexity index is 1350. The van der Waals surface area contributed by atoms with Gasteiger partial charge in [0.05, 0.1) is 18.2 Å². The first-order chi connectivity index (χ1) is 16.6. The van der Waals surface area contributed by atoms with Gasteiger partial charge in [-0.15, -0.1) is 0 Å². The predicted molar refractivity (Wildman–Crippen MR) is 123 cm³/mol. The average Bonchev–Trinajstić information content (AvgIpc) is 2.84. The van der Waals surface area contributed by atoms with Crippen LogP contribution >= 0.6 is 0 Å². The van der Waals surface area contributed by atoms with Gasteiger partial charge < -0.3 is 24.8 Å². The van der Waals surface area contributed by atoms with E-state index in [1.165, 1.54) is 0 Å². The summed E-state index contributed by atoms with van der Waals surface area (Å²) in [6, 6.07) is 14.3. The van der Waals surface area contributed by atoms with Crippen LogP contribution < -0.4 is 30.4 Å². The lowest BCUT2D eigenvalue weighted by Crippen LogP contribution is -2.38. The summed E-state index contributed by atoms with van der Waals surface area (Å²) >= 11 is 0. The summed E-state index contributed by atoms with van der Waals surface area (Å²) in [5.41, 5.74) is 1.01. The maximum atomic E-state index is 13.2. The Kier molecular flexibility index (Phi) is 5.51. The van der Waals surface area contributed by atoms with Gasteiger partial charge in [0.1, 0.15) is 30.7 Å². The van der Waals surface area contributed by atoms with Crippen LogP contribution in [-0.2, 0) is 4.79 Å². The number of hydrogen-bond acceptors (Lipinski definition) is 8. The second kappa shape index (κ2) is 8.78. The first kappa shape index (κ1) is 21.3. The zero-order chi connectivity index (χ0) is 23.7. The first-order valence-corrected chi connectivity index (χ1v) is 10.8. The molecule has 0 spiro atoms. The van der Waals surface area contributed by atoms with Gasteiger partial charge in [-0.05, 0) is 48.9 Å². The van der Waals surface area contributed by atoms with Crippen molar-refractivity contribution < 1.29 is 19.0 Å². The molecule has 34 heavy (non-hydrogen) atoms. The molecule has 10 heteroatoms. The van der Waals surface area contributed by atoms with E-state index in [0.717, 1.165) is 5.75 Å². The van der Waals surface area contributed by atoms with Crippen molar-refractivity contribution in [2.75, 3.05) is 30.5 Å². The smallest absolute Gasteiger partial charge is 0.258 e. The predicted octanol–water partition coefficient (Wildman–Crippen LogP) is 2.91. The van der Waals surface area contributed by atoms with E-state index < -0.39 is 23.3 Å². The normalized spacial score (nSPS) is 18.3. The molecule has 2 unspecified atom stereocenters. The fourth-order valence-electron chi connectivity index (χ4n) is 4.12. The summed E-state index contributed by atoms with van der Waals surface area (Å²) < 4.78 is 16.6. The van der Waals surface area contributed by atoms with E-state index in [4.69, 9.17) is 14.2 Å². The Morgan fingerprint density at radius 1 is 1.15 bits per heavy atom. The molecule has 2 aliphatic rings. The number of aromatic nitrogens is 2. The number of amides is 1. The van der Waals surface area contributed by atoms with Crippen molar-refractivity contribution in [3.8, 4) is 23.3 Å². The van der Waals surface area contributed by atoms with Gasteiger partial charge in [0.15, 0.2) is 11.5 Å². The van der Waals surface area contributed by atoms with Crippen molar-refractivity contribution in [2.45, 2.75) is 12.8 Å². The highest BCUT2D eigenvalue weighted by Gasteiger charge is 2.40. The van der Waals surface area contributed by atoms with E-state index in [-0.39, 0.29) is 17.3 Å². The number of nitrogens with zero attached hydrogens (tertiary/aromatic N) is 2. The Morgan fingerprint density at radius 3 is 2.65 bits per heavy atom. The number of anilines is 3. The summed E-state index contributed by atoms with van der Waals surface area (Å²) in [6.07, 6.45) is 0. The van der Waals surface area contributed by atoms with E-state index in [9.17, 15) is 14.9 Å². The van der Waals surface area contributed by atoms with E-state index in [1.807, 2.05) is 13.0 Å². The van der Waals surface area contributed by atoms with Crippen molar-refractivity contribution in [3.63, 3.8) is 0 Å². The molecule has 2 aliphatic heterocycles. The van der Waals surface area contributed by atoms with E-state index >= 15 is 0 Å². The van der Waals surface area contributed by atoms with Crippen molar-refractivity contribution in [2.24, 2.45) is 5.92 Å². The van der Waals surface area contributed by atoms with Gasteiger partial charge in [-0.1, -0.05) is 6.07 Å². The summed E-state index contributed by atoms with van der Waals surface area (Å²) in [5, 5.41) is 15.4. The molecule has 0 bridgehead atoms. The number of rotatable bonds is 5. The molecule has 0 aliphatic carbocycles. The Balaban J connectivity index is 1.52. The van der Waals surface area contributed by atoms with Gasteiger partial charge in [0.2, 0.25) is 11.9 Å². The number of carbonyl (C=O) groups excluding carboxylic acids is 1. The summed E-state index contributed by atoms with van der Waals surface area (Å²) in [4.78, 5) is 33.1. The summed E-state index contributed by atoms with van der Waals surface area (Å²) in [7, 11) is 0. The fourth-order valence-corrected chi connectivity index (χ4v) is 4.12. The average molecular weight is 459 g/mol. The highest BCUT2D eigenvalue weighted by atomic mass is 16.6. The second-order valence-corrected chi connectivity index (χ2v) is 7.74. The van der Waals surface area contributed by atoms with Gasteiger partial charge in [0, 0.05) is 11.6 Å². The molecule has 0 saturated heterocycles. The molecular formula is C24H21N5O5. The van der Waals surface area contributed by atoms with Crippen molar-refractivity contribution in [1.82, 2.24) is 9.97 Å². The summed E-state index contributed by atoms with van der Waals surface area (Å²) in [5.74, 6) is -0.393. The molecule has 3 aromatic rings. The maximum Gasteiger partial charge on any atom is 0.258 e. The third-order valence-corrected chi connectivity index (χ3v) is 5.62. The van der Waals surface area contributed by atoms with Gasteiger partial charge in [0.25, 0.3) is 5.56 Å². The third-order valence-electron chi connectivity index (χ3n) is 5.62. The molecule has 5 rings (SSSR count). The number of fused-ring (bicyclic) bond motifs is 2. The zero-order valence-corrected chi connectivity index (χ0v) is 18.3. The number of aromatic amines is 1. The van der Waals surface area contributed by atoms with Gasteiger partial charge in [-0.3, -0.25) is 14.6 Å². The lowest BCUT2D eigenvalue weighted by Gasteiger charge is -2.29. The number of H-pyrrole nitrogens is 1. The second-order valence-electron chi connectivity index (χ2n) is 7.74. The third kappa shape index (κ3) is 3.88. The van der Waals surface area contributed by atoms with Crippen LogP contribution in [0.5, 0.6) is 17.2 Å². The molecule has 0 radical (unpaired) electrons. The lowest BCUT2D eigenvalue weighted by atomic mass is 9.79. The quantitative estimate of drug-likeness (QED) is 0.529. The molecule has 1 aromatic heterocycles. The highest BCUT2D eigenvalue weighted by Crippen LogP contribution is 2.41. The monoisotopic (exact) mass is 459 g/mol. The topological polar surface area (TPSA) is 138 Å². The number of carbonyl (C=O) groups is 1. The zero-order valence-electron chi connectivity index (χ0n) is 18.3. The van der Waals surface area contributed by atoms with Gasteiger partial charge in [-0.25, -0.2) is 0 Å². The van der Waals surface area contributed by atoms with E-state index in [2.05, 4.69) is 20.6 Å². The minimum Gasteiger partial charge on any atom is -0.494 e. The van der Waals surface area contributed by atoms with Crippen LogP contribution in [0.1, 0.15) is 24.0 Å². The van der Waals surface area contributed by atoms with Crippen LogP contribution in [0.15, 0.2) is 47.3 Å².